The molecule has 0 unspecified atom stereocenters. The molecule has 22 heavy (non-hydrogen) atoms. The van der Waals surface area contributed by atoms with E-state index in [1.54, 1.807) is 0 Å². The van der Waals surface area contributed by atoms with Gasteiger partial charge in [-0.05, 0) is 63.5 Å². The van der Waals surface area contributed by atoms with Gasteiger partial charge in [-0.2, -0.15) is 18.4 Å². The molecular weight excluding hydrogens is 289 g/mol. The average molecular weight is 314 g/mol. The summed E-state index contributed by atoms with van der Waals surface area (Å²) in [4.78, 5) is 2.24. The minimum absolute atomic E-state index is 0.0529. The zero-order valence-electron chi connectivity index (χ0n) is 13.0. The van der Waals surface area contributed by atoms with Crippen molar-refractivity contribution in [1.29, 1.82) is 5.26 Å². The Hall–Kier alpha value is -1.02. The summed E-state index contributed by atoms with van der Waals surface area (Å²) in [6.45, 7) is 4.91. The third-order valence-electron chi connectivity index (χ3n) is 5.56. The van der Waals surface area contributed by atoms with Crippen LogP contribution in [-0.4, -0.2) is 30.2 Å². The van der Waals surface area contributed by atoms with Crippen LogP contribution >= 0.6 is 0 Å². The molecule has 1 aliphatic carbocycles. The lowest BCUT2D eigenvalue weighted by molar-refractivity contribution is -0.186. The van der Waals surface area contributed by atoms with E-state index in [4.69, 9.17) is 5.26 Å². The third-order valence-corrected chi connectivity index (χ3v) is 5.56. The maximum absolute atomic E-state index is 12.7. The van der Waals surface area contributed by atoms with Crippen LogP contribution in [0.4, 0.5) is 13.2 Å². The Morgan fingerprint density at radius 3 is 2.23 bits per heavy atom. The second kappa shape index (κ2) is 7.04. The molecule has 0 radical (unpaired) electrons. The van der Waals surface area contributed by atoms with Crippen molar-refractivity contribution in [3.05, 3.63) is 12.7 Å². The first-order valence-electron chi connectivity index (χ1n) is 8.19. The van der Waals surface area contributed by atoms with Gasteiger partial charge in [-0.1, -0.05) is 6.08 Å². The van der Waals surface area contributed by atoms with Gasteiger partial charge in [-0.25, -0.2) is 0 Å². The van der Waals surface area contributed by atoms with Gasteiger partial charge in [-0.15, -0.1) is 6.58 Å². The molecule has 2 fully saturated rings. The summed E-state index contributed by atoms with van der Waals surface area (Å²) in [6.07, 6.45) is 3.69. The summed E-state index contributed by atoms with van der Waals surface area (Å²) in [5, 5.41) is 9.03. The highest BCUT2D eigenvalue weighted by molar-refractivity contribution is 4.98. The van der Waals surface area contributed by atoms with Gasteiger partial charge in [0.15, 0.2) is 0 Å². The average Bonchev–Trinajstić information content (AvgIpc) is 2.48. The van der Waals surface area contributed by atoms with Gasteiger partial charge in [-0.3, -0.25) is 0 Å². The normalized spacial score (nSPS) is 31.6. The Balaban J connectivity index is 1.85. The summed E-state index contributed by atoms with van der Waals surface area (Å²) in [6, 6.07) is 2.69. The minimum atomic E-state index is -4.04. The van der Waals surface area contributed by atoms with Gasteiger partial charge >= 0.3 is 6.18 Å². The first-order valence-corrected chi connectivity index (χ1v) is 8.19. The van der Waals surface area contributed by atoms with E-state index in [-0.39, 0.29) is 18.3 Å². The van der Waals surface area contributed by atoms with E-state index in [1.807, 2.05) is 6.08 Å². The molecule has 0 aromatic carbocycles. The van der Waals surface area contributed by atoms with Crippen LogP contribution in [0.1, 0.15) is 51.4 Å². The number of hydrogen-bond acceptors (Lipinski definition) is 2. The first kappa shape index (κ1) is 17.3. The van der Waals surface area contributed by atoms with Crippen LogP contribution in [0.5, 0.6) is 0 Å². The lowest BCUT2D eigenvalue weighted by atomic mass is 9.68. The molecule has 1 aliphatic heterocycles. The Kier molecular flexibility index (Phi) is 5.55. The molecule has 0 spiro atoms. The first-order chi connectivity index (χ1) is 10.4. The van der Waals surface area contributed by atoms with Gasteiger partial charge in [0, 0.05) is 12.5 Å². The number of hydrogen-bond donors (Lipinski definition) is 0. The number of piperidine rings is 1. The standard InChI is InChI=1S/C17H25F3N2/c1-2-7-16(10-11-21)8-3-15(4-9-16)22-12-5-14(6-13-22)17(18,19)20/h2,14-15H,1,3-10,12-13H2. The SMILES string of the molecule is C=CCC1(CC#N)CCC(N2CCC(C(F)(F)F)CC2)CC1. The number of allylic oxidation sites excluding steroid dienone is 1. The van der Waals surface area contributed by atoms with Crippen molar-refractivity contribution in [1.82, 2.24) is 4.90 Å². The quantitative estimate of drug-likeness (QED) is 0.705. The smallest absolute Gasteiger partial charge is 0.300 e. The summed E-state index contributed by atoms with van der Waals surface area (Å²) in [5.74, 6) is -1.12. The molecule has 5 heteroatoms. The van der Waals surface area contributed by atoms with Crippen molar-refractivity contribution in [3.8, 4) is 6.07 Å². The van der Waals surface area contributed by atoms with Crippen LogP contribution in [0.15, 0.2) is 12.7 Å². The van der Waals surface area contributed by atoms with Crippen molar-refractivity contribution in [2.75, 3.05) is 13.1 Å². The molecule has 2 rings (SSSR count). The molecule has 0 bridgehead atoms. The van der Waals surface area contributed by atoms with E-state index in [0.717, 1.165) is 32.1 Å². The predicted molar refractivity (Wildman–Crippen MR) is 80.1 cm³/mol. The zero-order valence-corrected chi connectivity index (χ0v) is 13.0. The third kappa shape index (κ3) is 4.04. The monoisotopic (exact) mass is 314 g/mol. The molecule has 1 heterocycles. The number of nitrogens with zero attached hydrogens (tertiary/aromatic N) is 2. The van der Waals surface area contributed by atoms with E-state index in [2.05, 4.69) is 17.5 Å². The minimum Gasteiger partial charge on any atom is -0.300 e. The van der Waals surface area contributed by atoms with Crippen molar-refractivity contribution in [3.63, 3.8) is 0 Å². The van der Waals surface area contributed by atoms with Gasteiger partial charge in [0.25, 0.3) is 0 Å². The molecule has 1 saturated heterocycles. The fraction of sp³-hybridized carbons (Fsp3) is 0.824. The van der Waals surface area contributed by atoms with Crippen molar-refractivity contribution in [2.24, 2.45) is 11.3 Å². The largest absolute Gasteiger partial charge is 0.391 e. The number of rotatable bonds is 4. The molecule has 0 atom stereocenters. The molecule has 0 aromatic rings. The van der Waals surface area contributed by atoms with Crippen LogP contribution in [0.2, 0.25) is 0 Å². The van der Waals surface area contributed by atoms with Crippen LogP contribution < -0.4 is 0 Å². The number of alkyl halides is 3. The number of nitriles is 1. The molecule has 2 aliphatic rings. The fourth-order valence-corrected chi connectivity index (χ4v) is 4.10. The molecule has 2 nitrogen and oxygen atoms in total. The van der Waals surface area contributed by atoms with Crippen LogP contribution in [-0.2, 0) is 0 Å². The molecule has 0 amide bonds. The highest BCUT2D eigenvalue weighted by Crippen LogP contribution is 2.44. The number of halogens is 3. The summed E-state index contributed by atoms with van der Waals surface area (Å²) in [5.41, 5.74) is 0.0529. The Labute approximate surface area is 131 Å². The van der Waals surface area contributed by atoms with Gasteiger partial charge in [0.2, 0.25) is 0 Å². The summed E-state index contributed by atoms with van der Waals surface area (Å²) in [7, 11) is 0. The van der Waals surface area contributed by atoms with Crippen LogP contribution in [0, 0.1) is 22.7 Å². The maximum Gasteiger partial charge on any atom is 0.391 e. The van der Waals surface area contributed by atoms with Gasteiger partial charge in [0.1, 0.15) is 0 Å². The molecule has 1 saturated carbocycles. The Morgan fingerprint density at radius 1 is 1.18 bits per heavy atom. The zero-order chi connectivity index (χ0) is 16.2. The summed E-state index contributed by atoms with van der Waals surface area (Å²) >= 11 is 0. The van der Waals surface area contributed by atoms with Crippen molar-refractivity contribution < 1.29 is 13.2 Å². The van der Waals surface area contributed by atoms with Gasteiger partial charge < -0.3 is 4.90 Å². The summed E-state index contributed by atoms with van der Waals surface area (Å²) < 4.78 is 38.2. The number of likely N-dealkylation sites (tertiary alicyclic amines) is 1. The van der Waals surface area contributed by atoms with Crippen LogP contribution in [0.3, 0.4) is 0 Å². The highest BCUT2D eigenvalue weighted by Gasteiger charge is 2.43. The second-order valence-electron chi connectivity index (χ2n) is 6.91. The Morgan fingerprint density at radius 2 is 1.77 bits per heavy atom. The fourth-order valence-electron chi connectivity index (χ4n) is 4.10. The maximum atomic E-state index is 12.7. The van der Waals surface area contributed by atoms with E-state index in [9.17, 15) is 13.2 Å². The van der Waals surface area contributed by atoms with Gasteiger partial charge in [0.05, 0.1) is 12.0 Å². The predicted octanol–water partition coefficient (Wildman–Crippen LogP) is 4.68. The lowest BCUT2D eigenvalue weighted by Gasteiger charge is -2.44. The topological polar surface area (TPSA) is 27.0 Å². The van der Waals surface area contributed by atoms with Crippen molar-refractivity contribution >= 4 is 0 Å². The molecular formula is C17H25F3N2. The molecule has 0 N–H and O–H groups in total. The second-order valence-corrected chi connectivity index (χ2v) is 6.91. The van der Waals surface area contributed by atoms with Crippen LogP contribution in [0.25, 0.3) is 0 Å². The van der Waals surface area contributed by atoms with E-state index >= 15 is 0 Å². The highest BCUT2D eigenvalue weighted by atomic mass is 19.4. The van der Waals surface area contributed by atoms with Crippen molar-refractivity contribution in [2.45, 2.75) is 63.6 Å². The molecule has 0 aromatic heterocycles. The van der Waals surface area contributed by atoms with E-state index in [0.29, 0.717) is 25.6 Å². The Bertz CT molecular complexity index is 409. The molecule has 124 valence electrons. The van der Waals surface area contributed by atoms with E-state index < -0.39 is 12.1 Å². The lowest BCUT2D eigenvalue weighted by Crippen LogP contribution is -2.46. The van der Waals surface area contributed by atoms with E-state index in [1.165, 1.54) is 0 Å².